The Morgan fingerprint density at radius 2 is 2.20 bits per heavy atom. The van der Waals surface area contributed by atoms with Crippen LogP contribution in [0, 0.1) is 0 Å². The highest BCUT2D eigenvalue weighted by Gasteiger charge is 2.27. The fourth-order valence-electron chi connectivity index (χ4n) is 2.30. The van der Waals surface area contributed by atoms with Crippen LogP contribution in [0.3, 0.4) is 0 Å². The number of ether oxygens (including phenoxy) is 1. The number of hydrogen-bond acceptors (Lipinski definition) is 4. The van der Waals surface area contributed by atoms with Crippen molar-refractivity contribution in [1.29, 1.82) is 0 Å². The van der Waals surface area contributed by atoms with Crippen molar-refractivity contribution >= 4 is 5.91 Å². The molecule has 1 saturated heterocycles. The molecular formula is C14H16N4O2. The van der Waals surface area contributed by atoms with Crippen molar-refractivity contribution in [2.75, 3.05) is 13.1 Å². The van der Waals surface area contributed by atoms with Gasteiger partial charge in [-0.05, 0) is 12.1 Å². The molecule has 1 amide bonds. The molecule has 1 aromatic carbocycles. The van der Waals surface area contributed by atoms with E-state index in [0.717, 1.165) is 18.7 Å². The van der Waals surface area contributed by atoms with E-state index in [1.807, 2.05) is 35.2 Å². The van der Waals surface area contributed by atoms with Gasteiger partial charge in [-0.3, -0.25) is 4.79 Å². The molecule has 0 N–H and O–H groups in total. The second-order valence-electron chi connectivity index (χ2n) is 4.78. The molecule has 2 heterocycles. The Labute approximate surface area is 117 Å². The maximum atomic E-state index is 12.1. The predicted octanol–water partition coefficient (Wildman–Crippen LogP) is 0.958. The van der Waals surface area contributed by atoms with Crippen molar-refractivity contribution in [2.24, 2.45) is 0 Å². The predicted molar refractivity (Wildman–Crippen MR) is 72.1 cm³/mol. The molecule has 0 unspecified atom stereocenters. The largest absolute Gasteiger partial charge is 0.489 e. The molecule has 0 radical (unpaired) electrons. The maximum Gasteiger partial charge on any atom is 0.244 e. The Morgan fingerprint density at radius 3 is 2.95 bits per heavy atom. The van der Waals surface area contributed by atoms with E-state index in [9.17, 15) is 4.79 Å². The van der Waals surface area contributed by atoms with Gasteiger partial charge in [0.2, 0.25) is 5.91 Å². The van der Waals surface area contributed by atoms with Gasteiger partial charge in [0.05, 0.1) is 12.7 Å². The molecule has 0 saturated carbocycles. The van der Waals surface area contributed by atoms with Gasteiger partial charge in [0, 0.05) is 19.2 Å². The molecule has 6 heteroatoms. The molecule has 104 valence electrons. The minimum Gasteiger partial charge on any atom is -0.489 e. The molecule has 20 heavy (non-hydrogen) atoms. The monoisotopic (exact) mass is 272 g/mol. The average Bonchev–Trinajstić information content (AvgIpc) is 3.11. The van der Waals surface area contributed by atoms with Crippen LogP contribution in [-0.2, 0) is 11.3 Å². The second kappa shape index (κ2) is 5.73. The summed E-state index contributed by atoms with van der Waals surface area (Å²) in [5, 5.41) is 7.49. The lowest BCUT2D eigenvalue weighted by Crippen LogP contribution is -2.33. The van der Waals surface area contributed by atoms with Crippen molar-refractivity contribution in [1.82, 2.24) is 19.9 Å². The number of para-hydroxylation sites is 1. The van der Waals surface area contributed by atoms with Crippen LogP contribution in [-0.4, -0.2) is 45.0 Å². The number of hydrogen-bond donors (Lipinski definition) is 0. The summed E-state index contributed by atoms with van der Waals surface area (Å²) in [6, 6.07) is 9.70. The minimum atomic E-state index is 0.0506. The number of carbonyl (C=O) groups is 1. The highest BCUT2D eigenvalue weighted by Crippen LogP contribution is 2.18. The highest BCUT2D eigenvalue weighted by molar-refractivity contribution is 5.76. The normalized spacial score (nSPS) is 18.2. The topological polar surface area (TPSA) is 60.2 Å². The summed E-state index contributed by atoms with van der Waals surface area (Å²) in [5.41, 5.74) is 0. The van der Waals surface area contributed by atoms with Crippen LogP contribution in [0.2, 0.25) is 0 Å². The molecule has 0 bridgehead atoms. The molecular weight excluding hydrogens is 256 g/mol. The molecule has 1 aliphatic rings. The van der Waals surface area contributed by atoms with Crippen LogP contribution in [0.25, 0.3) is 0 Å². The molecule has 0 aliphatic carbocycles. The first-order chi connectivity index (χ1) is 9.81. The molecule has 2 aromatic rings. The Kier molecular flexibility index (Phi) is 3.62. The number of aromatic nitrogens is 3. The molecule has 1 aromatic heterocycles. The van der Waals surface area contributed by atoms with E-state index < -0.39 is 0 Å². The summed E-state index contributed by atoms with van der Waals surface area (Å²) in [5.74, 6) is 0.901. The highest BCUT2D eigenvalue weighted by atomic mass is 16.5. The van der Waals surface area contributed by atoms with Gasteiger partial charge < -0.3 is 9.64 Å². The number of carbonyl (C=O) groups excluding carboxylic acids is 1. The summed E-state index contributed by atoms with van der Waals surface area (Å²) in [6.07, 6.45) is 4.18. The molecule has 1 aliphatic heterocycles. The van der Waals surface area contributed by atoms with Gasteiger partial charge in [-0.2, -0.15) is 0 Å². The summed E-state index contributed by atoms with van der Waals surface area (Å²) in [4.78, 5) is 13.9. The number of likely N-dealkylation sites (tertiary alicyclic amines) is 1. The van der Waals surface area contributed by atoms with E-state index in [1.54, 1.807) is 12.4 Å². The zero-order valence-corrected chi connectivity index (χ0v) is 11.1. The molecule has 1 atom stereocenters. The van der Waals surface area contributed by atoms with Gasteiger partial charge in [-0.15, -0.1) is 5.10 Å². The van der Waals surface area contributed by atoms with Crippen LogP contribution < -0.4 is 4.74 Å². The van der Waals surface area contributed by atoms with Crippen LogP contribution >= 0.6 is 0 Å². The molecule has 0 spiro atoms. The number of rotatable bonds is 4. The van der Waals surface area contributed by atoms with E-state index in [4.69, 9.17) is 4.74 Å². The van der Waals surface area contributed by atoms with Crippen LogP contribution in [0.4, 0.5) is 0 Å². The molecule has 3 rings (SSSR count). The van der Waals surface area contributed by atoms with Gasteiger partial charge in [0.25, 0.3) is 0 Å². The number of amides is 1. The number of benzene rings is 1. The first-order valence-electron chi connectivity index (χ1n) is 6.65. The van der Waals surface area contributed by atoms with Gasteiger partial charge >= 0.3 is 0 Å². The van der Waals surface area contributed by atoms with Crippen LogP contribution in [0.15, 0.2) is 42.7 Å². The lowest BCUT2D eigenvalue weighted by molar-refractivity contribution is -0.131. The lowest BCUT2D eigenvalue weighted by Gasteiger charge is -2.17. The fourth-order valence-corrected chi connectivity index (χ4v) is 2.30. The van der Waals surface area contributed by atoms with Crippen molar-refractivity contribution < 1.29 is 9.53 Å². The van der Waals surface area contributed by atoms with Gasteiger partial charge in [-0.25, -0.2) is 4.68 Å². The zero-order chi connectivity index (χ0) is 13.8. The lowest BCUT2D eigenvalue weighted by atomic mass is 10.3. The van der Waals surface area contributed by atoms with E-state index in [0.29, 0.717) is 6.54 Å². The number of nitrogens with zero attached hydrogens (tertiary/aromatic N) is 4. The van der Waals surface area contributed by atoms with Crippen molar-refractivity contribution in [3.05, 3.63) is 42.7 Å². The van der Waals surface area contributed by atoms with E-state index in [1.165, 1.54) is 4.68 Å². The van der Waals surface area contributed by atoms with Crippen molar-refractivity contribution in [3.8, 4) is 5.75 Å². The summed E-state index contributed by atoms with van der Waals surface area (Å²) in [6.45, 7) is 1.59. The van der Waals surface area contributed by atoms with Crippen LogP contribution in [0.5, 0.6) is 5.75 Å². The third-order valence-corrected chi connectivity index (χ3v) is 3.31. The first kappa shape index (κ1) is 12.7. The van der Waals surface area contributed by atoms with Gasteiger partial charge in [0.1, 0.15) is 18.4 Å². The fraction of sp³-hybridized carbons (Fsp3) is 0.357. The minimum absolute atomic E-state index is 0.0506. The Bertz CT molecular complexity index is 556. The van der Waals surface area contributed by atoms with Gasteiger partial charge in [0.15, 0.2) is 0 Å². The second-order valence-corrected chi connectivity index (χ2v) is 4.78. The van der Waals surface area contributed by atoms with E-state index in [-0.39, 0.29) is 18.6 Å². The first-order valence-corrected chi connectivity index (χ1v) is 6.65. The Hall–Kier alpha value is -2.37. The third-order valence-electron chi connectivity index (χ3n) is 3.31. The molecule has 6 nitrogen and oxygen atoms in total. The SMILES string of the molecule is O=C(Cn1ccnn1)N1CC[C@@H](Oc2ccccc2)C1. The van der Waals surface area contributed by atoms with E-state index in [2.05, 4.69) is 10.3 Å². The summed E-state index contributed by atoms with van der Waals surface area (Å²) >= 11 is 0. The van der Waals surface area contributed by atoms with Crippen molar-refractivity contribution in [2.45, 2.75) is 19.1 Å². The average molecular weight is 272 g/mol. The smallest absolute Gasteiger partial charge is 0.244 e. The zero-order valence-electron chi connectivity index (χ0n) is 11.1. The van der Waals surface area contributed by atoms with E-state index >= 15 is 0 Å². The standard InChI is InChI=1S/C14H16N4O2/c19-14(11-18-9-7-15-16-18)17-8-6-13(10-17)20-12-4-2-1-3-5-12/h1-5,7,9,13H,6,8,10-11H2/t13-/m1/s1. The van der Waals surface area contributed by atoms with Gasteiger partial charge in [-0.1, -0.05) is 23.4 Å². The summed E-state index contributed by atoms with van der Waals surface area (Å²) < 4.78 is 7.40. The quantitative estimate of drug-likeness (QED) is 0.831. The Balaban J connectivity index is 1.53. The van der Waals surface area contributed by atoms with Crippen molar-refractivity contribution in [3.63, 3.8) is 0 Å². The third kappa shape index (κ3) is 2.96. The summed E-state index contributed by atoms with van der Waals surface area (Å²) in [7, 11) is 0. The van der Waals surface area contributed by atoms with Crippen LogP contribution in [0.1, 0.15) is 6.42 Å². The molecule has 1 fully saturated rings. The maximum absolute atomic E-state index is 12.1. The Morgan fingerprint density at radius 1 is 1.35 bits per heavy atom.